The highest BCUT2D eigenvalue weighted by molar-refractivity contribution is 5.85. The molecule has 0 bridgehead atoms. The van der Waals surface area contributed by atoms with Crippen LogP contribution in [-0.4, -0.2) is 33.8 Å². The fraction of sp³-hybridized carbons (Fsp3) is 0.130. The van der Waals surface area contributed by atoms with Gasteiger partial charge in [-0.15, -0.1) is 0 Å². The molecule has 0 saturated heterocycles. The highest BCUT2D eigenvalue weighted by atomic mass is 16.5. The summed E-state index contributed by atoms with van der Waals surface area (Å²) in [7, 11) is 3.35. The molecular weight excluding hydrogens is 364 g/mol. The minimum atomic E-state index is 0.592. The van der Waals surface area contributed by atoms with Gasteiger partial charge in [0.2, 0.25) is 11.8 Å². The molecule has 0 spiro atoms. The molecule has 0 fully saturated rings. The third-order valence-electron chi connectivity index (χ3n) is 5.01. The van der Waals surface area contributed by atoms with Crippen molar-refractivity contribution in [2.75, 3.05) is 14.2 Å². The van der Waals surface area contributed by atoms with Gasteiger partial charge in [0.05, 0.1) is 48.3 Å². The molecule has 29 heavy (non-hydrogen) atoms. The number of methoxy groups -OCH3 is 2. The Morgan fingerprint density at radius 3 is 2.10 bits per heavy atom. The lowest BCUT2D eigenvalue weighted by atomic mass is 10.2. The molecule has 0 saturated carbocycles. The van der Waals surface area contributed by atoms with Gasteiger partial charge in [-0.2, -0.15) is 14.9 Å². The summed E-state index contributed by atoms with van der Waals surface area (Å²) in [5.74, 6) is 1.48. The molecule has 0 radical (unpaired) electrons. The average molecular weight is 384 g/mol. The van der Waals surface area contributed by atoms with E-state index in [1.165, 1.54) is 0 Å². The molecule has 0 aliphatic rings. The first kappa shape index (κ1) is 17.3. The fourth-order valence-electron chi connectivity index (χ4n) is 3.72. The van der Waals surface area contributed by atoms with Gasteiger partial charge < -0.3 is 9.47 Å². The molecule has 0 amide bonds. The molecule has 6 heteroatoms. The normalized spacial score (nSPS) is 11.2. The number of ether oxygens (including phenoxy) is 2. The quantitative estimate of drug-likeness (QED) is 0.450. The summed E-state index contributed by atoms with van der Waals surface area (Å²) in [6, 6.07) is 24.2. The van der Waals surface area contributed by atoms with Crippen LogP contribution in [0, 0.1) is 0 Å². The van der Waals surface area contributed by atoms with Crippen LogP contribution in [0.3, 0.4) is 0 Å². The van der Waals surface area contributed by atoms with Crippen molar-refractivity contribution < 1.29 is 9.47 Å². The lowest BCUT2D eigenvalue weighted by Crippen LogP contribution is -2.05. The molecule has 2 heterocycles. The molecule has 5 aromatic rings. The maximum Gasteiger partial charge on any atom is 0.224 e. The second-order valence-electron chi connectivity index (χ2n) is 6.79. The lowest BCUT2D eigenvalue weighted by Gasteiger charge is -2.10. The minimum Gasteiger partial charge on any atom is -0.481 e. The molecule has 0 atom stereocenters. The Labute approximate surface area is 167 Å². The topological polar surface area (TPSA) is 54.1 Å². The van der Waals surface area contributed by atoms with Gasteiger partial charge in [-0.05, 0) is 42.0 Å². The third kappa shape index (κ3) is 2.89. The molecule has 0 unspecified atom stereocenters. The maximum absolute atomic E-state index is 5.65. The molecule has 6 nitrogen and oxygen atoms in total. The van der Waals surface area contributed by atoms with Crippen LogP contribution in [0.25, 0.3) is 27.5 Å². The van der Waals surface area contributed by atoms with Crippen LogP contribution in [0.4, 0.5) is 0 Å². The molecule has 3 aromatic carbocycles. The van der Waals surface area contributed by atoms with Gasteiger partial charge in [0.25, 0.3) is 0 Å². The lowest BCUT2D eigenvalue weighted by molar-refractivity contribution is 0.371. The Hall–Kier alpha value is -3.80. The van der Waals surface area contributed by atoms with Crippen LogP contribution in [0.2, 0.25) is 0 Å². The summed E-state index contributed by atoms with van der Waals surface area (Å²) < 4.78 is 15.0. The maximum atomic E-state index is 5.65. The minimum absolute atomic E-state index is 0.592. The number of nitrogens with zero attached hydrogens (tertiary/aromatic N) is 4. The van der Waals surface area contributed by atoms with Crippen molar-refractivity contribution in [1.29, 1.82) is 0 Å². The van der Waals surface area contributed by atoms with E-state index in [0.717, 1.165) is 44.8 Å². The smallest absolute Gasteiger partial charge is 0.224 e. The van der Waals surface area contributed by atoms with E-state index in [0.29, 0.717) is 6.54 Å². The largest absolute Gasteiger partial charge is 0.481 e. The first-order chi connectivity index (χ1) is 14.3. The SMILES string of the molecule is COc1c2ccccc2nn1Cc1cccc(-n2nc3ccccc3c2OC)c1. The van der Waals surface area contributed by atoms with Crippen LogP contribution in [0.15, 0.2) is 72.8 Å². The van der Waals surface area contributed by atoms with Gasteiger partial charge in [0.15, 0.2) is 0 Å². The van der Waals surface area contributed by atoms with Crippen molar-refractivity contribution in [3.05, 3.63) is 78.4 Å². The Morgan fingerprint density at radius 1 is 0.724 bits per heavy atom. The van der Waals surface area contributed by atoms with Crippen LogP contribution < -0.4 is 9.47 Å². The highest BCUT2D eigenvalue weighted by Crippen LogP contribution is 2.29. The zero-order valence-electron chi connectivity index (χ0n) is 16.2. The highest BCUT2D eigenvalue weighted by Gasteiger charge is 2.15. The van der Waals surface area contributed by atoms with Crippen molar-refractivity contribution in [2.24, 2.45) is 0 Å². The summed E-state index contributed by atoms with van der Waals surface area (Å²) in [5, 5.41) is 11.4. The zero-order chi connectivity index (χ0) is 19.8. The van der Waals surface area contributed by atoms with E-state index in [-0.39, 0.29) is 0 Å². The van der Waals surface area contributed by atoms with Gasteiger partial charge in [-0.3, -0.25) is 0 Å². The molecule has 2 aromatic heterocycles. The summed E-state index contributed by atoms with van der Waals surface area (Å²) in [6.07, 6.45) is 0. The van der Waals surface area contributed by atoms with Gasteiger partial charge >= 0.3 is 0 Å². The number of hydrogen-bond acceptors (Lipinski definition) is 4. The molecular formula is C23H20N4O2. The van der Waals surface area contributed by atoms with Crippen molar-refractivity contribution in [2.45, 2.75) is 6.54 Å². The predicted octanol–water partition coefficient (Wildman–Crippen LogP) is 4.44. The number of rotatable bonds is 5. The zero-order valence-corrected chi connectivity index (χ0v) is 16.2. The third-order valence-corrected chi connectivity index (χ3v) is 5.01. The van der Waals surface area contributed by atoms with Crippen molar-refractivity contribution in [3.8, 4) is 17.4 Å². The van der Waals surface area contributed by atoms with Crippen molar-refractivity contribution in [1.82, 2.24) is 19.6 Å². The Morgan fingerprint density at radius 2 is 1.38 bits per heavy atom. The first-order valence-electron chi connectivity index (χ1n) is 9.39. The average Bonchev–Trinajstić information content (AvgIpc) is 3.31. The van der Waals surface area contributed by atoms with Gasteiger partial charge in [0, 0.05) is 0 Å². The molecule has 144 valence electrons. The first-order valence-corrected chi connectivity index (χ1v) is 9.39. The van der Waals surface area contributed by atoms with Gasteiger partial charge in [-0.1, -0.05) is 36.4 Å². The predicted molar refractivity (Wildman–Crippen MR) is 113 cm³/mol. The van der Waals surface area contributed by atoms with Gasteiger partial charge in [-0.25, -0.2) is 4.68 Å². The monoisotopic (exact) mass is 384 g/mol. The Bertz CT molecular complexity index is 1320. The van der Waals surface area contributed by atoms with E-state index in [9.17, 15) is 0 Å². The second-order valence-corrected chi connectivity index (χ2v) is 6.79. The van der Waals surface area contributed by atoms with E-state index in [4.69, 9.17) is 19.7 Å². The van der Waals surface area contributed by atoms with Crippen molar-refractivity contribution in [3.63, 3.8) is 0 Å². The summed E-state index contributed by atoms with van der Waals surface area (Å²) >= 11 is 0. The van der Waals surface area contributed by atoms with Gasteiger partial charge in [0.1, 0.15) is 0 Å². The molecule has 0 aliphatic carbocycles. The van der Waals surface area contributed by atoms with E-state index in [1.807, 2.05) is 70.0 Å². The number of fused-ring (bicyclic) bond motifs is 2. The second kappa shape index (κ2) is 6.98. The van der Waals surface area contributed by atoms with Crippen LogP contribution in [-0.2, 0) is 6.54 Å². The van der Waals surface area contributed by atoms with E-state index in [2.05, 4.69) is 12.1 Å². The number of benzene rings is 3. The van der Waals surface area contributed by atoms with Crippen LogP contribution in [0.5, 0.6) is 11.8 Å². The summed E-state index contributed by atoms with van der Waals surface area (Å²) in [6.45, 7) is 0.592. The fourth-order valence-corrected chi connectivity index (χ4v) is 3.72. The molecule has 0 aliphatic heterocycles. The number of aromatic nitrogens is 4. The van der Waals surface area contributed by atoms with Crippen LogP contribution >= 0.6 is 0 Å². The molecule has 0 N–H and O–H groups in total. The Balaban J connectivity index is 1.56. The molecule has 5 rings (SSSR count). The van der Waals surface area contributed by atoms with Crippen LogP contribution in [0.1, 0.15) is 5.56 Å². The summed E-state index contributed by atoms with van der Waals surface area (Å²) in [4.78, 5) is 0. The number of hydrogen-bond donors (Lipinski definition) is 0. The summed E-state index contributed by atoms with van der Waals surface area (Å²) in [5.41, 5.74) is 3.84. The van der Waals surface area contributed by atoms with E-state index in [1.54, 1.807) is 14.2 Å². The van der Waals surface area contributed by atoms with Crippen molar-refractivity contribution >= 4 is 21.8 Å². The van der Waals surface area contributed by atoms with E-state index >= 15 is 0 Å². The standard InChI is InChI=1S/C23H20N4O2/c1-28-22-18-10-3-5-12-20(18)24-26(22)15-16-8-7-9-17(14-16)27-23(29-2)19-11-4-6-13-21(19)25-27/h3-14H,15H2,1-2H3. The Kier molecular flexibility index (Phi) is 4.17. The van der Waals surface area contributed by atoms with E-state index < -0.39 is 0 Å².